The van der Waals surface area contributed by atoms with Gasteiger partial charge in [0.1, 0.15) is 5.82 Å². The van der Waals surface area contributed by atoms with Crippen LogP contribution >= 0.6 is 0 Å². The first kappa shape index (κ1) is 20.4. The molecule has 27 heavy (non-hydrogen) atoms. The van der Waals surface area contributed by atoms with E-state index in [0.29, 0.717) is 0 Å². The molecular formula is C18H20FN3O4S. The lowest BCUT2D eigenvalue weighted by molar-refractivity contribution is -0.128. The highest BCUT2D eigenvalue weighted by Gasteiger charge is 2.17. The van der Waals surface area contributed by atoms with E-state index in [0.717, 1.165) is 6.07 Å². The van der Waals surface area contributed by atoms with Crippen LogP contribution in [0, 0.1) is 5.82 Å². The van der Waals surface area contributed by atoms with Crippen LogP contribution in [-0.2, 0) is 14.8 Å². The summed E-state index contributed by atoms with van der Waals surface area (Å²) in [6.45, 7) is 0.171. The maximum atomic E-state index is 13.6. The number of anilines is 1. The molecule has 0 fully saturated rings. The molecule has 0 saturated heterocycles. The second-order valence-electron chi connectivity index (χ2n) is 5.90. The predicted octanol–water partition coefficient (Wildman–Crippen LogP) is 1.83. The van der Waals surface area contributed by atoms with Gasteiger partial charge in [-0.3, -0.25) is 14.3 Å². The van der Waals surface area contributed by atoms with E-state index in [2.05, 4.69) is 10.0 Å². The van der Waals surface area contributed by atoms with Crippen molar-refractivity contribution >= 4 is 27.5 Å². The Morgan fingerprint density at radius 3 is 2.26 bits per heavy atom. The number of amides is 2. The van der Waals surface area contributed by atoms with Crippen molar-refractivity contribution in [3.63, 3.8) is 0 Å². The van der Waals surface area contributed by atoms with Crippen molar-refractivity contribution in [2.24, 2.45) is 0 Å². The largest absolute Gasteiger partial charge is 0.352 e. The van der Waals surface area contributed by atoms with E-state index in [1.165, 1.54) is 47.4 Å². The van der Waals surface area contributed by atoms with E-state index in [1.807, 2.05) is 0 Å². The SMILES string of the molecule is CN(C)C(=O)CCNC(=O)c1ccc(S(=O)(=O)Nc2ccccc2F)cc1. The van der Waals surface area contributed by atoms with Crippen molar-refractivity contribution in [3.05, 3.63) is 59.9 Å². The van der Waals surface area contributed by atoms with Crippen molar-refractivity contribution in [2.45, 2.75) is 11.3 Å². The number of carbonyl (C=O) groups excluding carboxylic acids is 2. The summed E-state index contributed by atoms with van der Waals surface area (Å²) in [4.78, 5) is 24.8. The summed E-state index contributed by atoms with van der Waals surface area (Å²) in [5.74, 6) is -1.23. The zero-order valence-corrected chi connectivity index (χ0v) is 15.7. The Hall–Kier alpha value is -2.94. The monoisotopic (exact) mass is 393 g/mol. The van der Waals surface area contributed by atoms with E-state index >= 15 is 0 Å². The Kier molecular flexibility index (Phi) is 6.51. The number of halogens is 1. The van der Waals surface area contributed by atoms with Crippen LogP contribution in [0.2, 0.25) is 0 Å². The molecule has 0 radical (unpaired) electrons. The molecule has 0 aliphatic rings. The number of benzene rings is 2. The van der Waals surface area contributed by atoms with Crippen LogP contribution in [0.5, 0.6) is 0 Å². The van der Waals surface area contributed by atoms with Gasteiger partial charge >= 0.3 is 0 Å². The van der Waals surface area contributed by atoms with Crippen molar-refractivity contribution < 1.29 is 22.4 Å². The fraction of sp³-hybridized carbons (Fsp3) is 0.222. The smallest absolute Gasteiger partial charge is 0.261 e. The molecule has 0 aromatic heterocycles. The molecule has 0 aliphatic heterocycles. The van der Waals surface area contributed by atoms with E-state index in [-0.39, 0.29) is 35.0 Å². The van der Waals surface area contributed by atoms with Gasteiger partial charge in [0.25, 0.3) is 15.9 Å². The van der Waals surface area contributed by atoms with E-state index in [4.69, 9.17) is 0 Å². The number of para-hydroxylation sites is 1. The van der Waals surface area contributed by atoms with E-state index in [1.54, 1.807) is 14.1 Å². The summed E-state index contributed by atoms with van der Waals surface area (Å²) in [5, 5.41) is 2.59. The van der Waals surface area contributed by atoms with Crippen LogP contribution < -0.4 is 10.0 Å². The minimum absolute atomic E-state index is 0.106. The first-order chi connectivity index (χ1) is 12.7. The average molecular weight is 393 g/mol. The zero-order valence-electron chi connectivity index (χ0n) is 14.9. The van der Waals surface area contributed by atoms with Gasteiger partial charge in [-0.05, 0) is 36.4 Å². The number of sulfonamides is 1. The fourth-order valence-electron chi connectivity index (χ4n) is 2.14. The summed E-state index contributed by atoms with van der Waals surface area (Å²) in [6.07, 6.45) is 0.164. The lowest BCUT2D eigenvalue weighted by atomic mass is 10.2. The third kappa shape index (κ3) is 5.52. The minimum atomic E-state index is -3.99. The molecule has 0 atom stereocenters. The topological polar surface area (TPSA) is 95.6 Å². The second-order valence-corrected chi connectivity index (χ2v) is 7.59. The molecule has 0 bridgehead atoms. The number of hydrogen-bond donors (Lipinski definition) is 2. The summed E-state index contributed by atoms with van der Waals surface area (Å²) in [7, 11) is -0.741. The maximum Gasteiger partial charge on any atom is 0.261 e. The van der Waals surface area contributed by atoms with Crippen molar-refractivity contribution in [1.82, 2.24) is 10.2 Å². The van der Waals surface area contributed by atoms with Crippen molar-refractivity contribution in [3.8, 4) is 0 Å². The third-order valence-corrected chi connectivity index (χ3v) is 5.05. The second kappa shape index (κ2) is 8.63. The Labute approximate surface area is 157 Å². The molecule has 2 rings (SSSR count). The van der Waals surface area contributed by atoms with Gasteiger partial charge in [-0.25, -0.2) is 12.8 Å². The molecule has 2 aromatic rings. The molecule has 7 nitrogen and oxygen atoms in total. The van der Waals surface area contributed by atoms with Crippen LogP contribution in [0.1, 0.15) is 16.8 Å². The molecule has 9 heteroatoms. The highest BCUT2D eigenvalue weighted by molar-refractivity contribution is 7.92. The number of carbonyl (C=O) groups is 2. The highest BCUT2D eigenvalue weighted by Crippen LogP contribution is 2.19. The number of nitrogens with one attached hydrogen (secondary N) is 2. The Morgan fingerprint density at radius 1 is 1.04 bits per heavy atom. The van der Waals surface area contributed by atoms with Gasteiger partial charge in [-0.2, -0.15) is 0 Å². The molecule has 144 valence electrons. The Bertz CT molecular complexity index is 928. The van der Waals surface area contributed by atoms with Gasteiger partial charge in [-0.1, -0.05) is 12.1 Å². The van der Waals surface area contributed by atoms with E-state index < -0.39 is 21.7 Å². The predicted molar refractivity (Wildman–Crippen MR) is 99.3 cm³/mol. The lowest BCUT2D eigenvalue weighted by Crippen LogP contribution is -2.30. The third-order valence-electron chi connectivity index (χ3n) is 3.67. The van der Waals surface area contributed by atoms with Gasteiger partial charge in [0, 0.05) is 32.6 Å². The van der Waals surface area contributed by atoms with Gasteiger partial charge in [0.15, 0.2) is 0 Å². The first-order valence-electron chi connectivity index (χ1n) is 8.06. The van der Waals surface area contributed by atoms with Crippen molar-refractivity contribution in [1.29, 1.82) is 0 Å². The number of rotatable bonds is 7. The Morgan fingerprint density at radius 2 is 1.67 bits per heavy atom. The average Bonchev–Trinajstić information content (AvgIpc) is 2.63. The van der Waals surface area contributed by atoms with Crippen LogP contribution in [-0.4, -0.2) is 45.8 Å². The van der Waals surface area contributed by atoms with Crippen molar-refractivity contribution in [2.75, 3.05) is 25.4 Å². The number of hydrogen-bond acceptors (Lipinski definition) is 4. The molecular weight excluding hydrogens is 373 g/mol. The zero-order chi connectivity index (χ0) is 20.0. The quantitative estimate of drug-likeness (QED) is 0.750. The van der Waals surface area contributed by atoms with E-state index in [9.17, 15) is 22.4 Å². The lowest BCUT2D eigenvalue weighted by Gasteiger charge is -2.11. The summed E-state index contributed by atoms with van der Waals surface area (Å²) in [6, 6.07) is 10.6. The maximum absolute atomic E-state index is 13.6. The molecule has 2 amide bonds. The van der Waals surface area contributed by atoms with Crippen LogP contribution in [0.3, 0.4) is 0 Å². The standard InChI is InChI=1S/C18H20FN3O4S/c1-22(2)17(23)11-12-20-18(24)13-7-9-14(10-8-13)27(25,26)21-16-6-4-3-5-15(16)19/h3-10,21H,11-12H2,1-2H3,(H,20,24). The molecule has 2 aromatic carbocycles. The fourth-order valence-corrected chi connectivity index (χ4v) is 3.21. The van der Waals surface area contributed by atoms with Gasteiger partial charge in [0.2, 0.25) is 5.91 Å². The van der Waals surface area contributed by atoms with Gasteiger partial charge in [-0.15, -0.1) is 0 Å². The van der Waals surface area contributed by atoms with Crippen LogP contribution in [0.25, 0.3) is 0 Å². The summed E-state index contributed by atoms with van der Waals surface area (Å²) >= 11 is 0. The summed E-state index contributed by atoms with van der Waals surface area (Å²) in [5.41, 5.74) is 0.0852. The normalized spacial score (nSPS) is 10.9. The molecule has 0 heterocycles. The van der Waals surface area contributed by atoms with Crippen LogP contribution in [0.15, 0.2) is 53.4 Å². The van der Waals surface area contributed by atoms with Gasteiger partial charge in [0.05, 0.1) is 10.6 Å². The molecule has 0 aliphatic carbocycles. The number of nitrogens with zero attached hydrogens (tertiary/aromatic N) is 1. The molecule has 2 N–H and O–H groups in total. The molecule has 0 spiro atoms. The Balaban J connectivity index is 2.02. The molecule has 0 saturated carbocycles. The van der Waals surface area contributed by atoms with Gasteiger partial charge < -0.3 is 10.2 Å². The summed E-state index contributed by atoms with van der Waals surface area (Å²) < 4.78 is 40.4. The highest BCUT2D eigenvalue weighted by atomic mass is 32.2. The minimum Gasteiger partial charge on any atom is -0.352 e. The molecule has 0 unspecified atom stereocenters. The first-order valence-corrected chi connectivity index (χ1v) is 9.55. The van der Waals surface area contributed by atoms with Crippen LogP contribution in [0.4, 0.5) is 10.1 Å².